The van der Waals surface area contributed by atoms with Gasteiger partial charge < -0.3 is 10.5 Å². The van der Waals surface area contributed by atoms with Gasteiger partial charge >= 0.3 is 0 Å². The second-order valence-electron chi connectivity index (χ2n) is 6.01. The van der Waals surface area contributed by atoms with E-state index in [1.54, 1.807) is 0 Å². The fourth-order valence-electron chi connectivity index (χ4n) is 2.97. The molecule has 2 aliphatic carbocycles. The van der Waals surface area contributed by atoms with Crippen molar-refractivity contribution in [3.05, 3.63) is 29.3 Å². The molecule has 0 amide bonds. The molecule has 3 nitrogen and oxygen atoms in total. The van der Waals surface area contributed by atoms with Crippen molar-refractivity contribution < 1.29 is 4.74 Å². The SMILES string of the molecule is CN(CCOCC1CC1)C1CCc2cc(N)ccc21. The fraction of sp³-hybridized carbons (Fsp3) is 0.625. The number of ether oxygens (including phenoxy) is 1. The van der Waals surface area contributed by atoms with Gasteiger partial charge in [0.2, 0.25) is 0 Å². The molecule has 0 spiro atoms. The molecule has 0 bridgehead atoms. The Balaban J connectivity index is 1.51. The van der Waals surface area contributed by atoms with Crippen molar-refractivity contribution in [3.63, 3.8) is 0 Å². The monoisotopic (exact) mass is 260 g/mol. The zero-order chi connectivity index (χ0) is 13.2. The quantitative estimate of drug-likeness (QED) is 0.631. The Bertz CT molecular complexity index is 442. The van der Waals surface area contributed by atoms with Crippen LogP contribution in [0.25, 0.3) is 0 Å². The number of fused-ring (bicyclic) bond motifs is 1. The first kappa shape index (κ1) is 12.9. The molecule has 1 fully saturated rings. The summed E-state index contributed by atoms with van der Waals surface area (Å²) in [6.07, 6.45) is 5.09. The van der Waals surface area contributed by atoms with Gasteiger partial charge in [-0.05, 0) is 61.9 Å². The first-order valence-corrected chi connectivity index (χ1v) is 7.40. The van der Waals surface area contributed by atoms with Crippen molar-refractivity contribution in [1.82, 2.24) is 4.90 Å². The van der Waals surface area contributed by atoms with Gasteiger partial charge in [0.05, 0.1) is 6.61 Å². The Kier molecular flexibility index (Phi) is 3.76. The summed E-state index contributed by atoms with van der Waals surface area (Å²) in [5, 5.41) is 0. The van der Waals surface area contributed by atoms with Gasteiger partial charge in [-0.15, -0.1) is 0 Å². The molecule has 0 heterocycles. The average molecular weight is 260 g/mol. The number of hydrogen-bond acceptors (Lipinski definition) is 3. The number of nitrogens with two attached hydrogens (primary N) is 1. The summed E-state index contributed by atoms with van der Waals surface area (Å²) in [5.74, 6) is 0.862. The van der Waals surface area contributed by atoms with Crippen LogP contribution in [0.5, 0.6) is 0 Å². The Morgan fingerprint density at radius 2 is 2.16 bits per heavy atom. The number of nitrogens with zero attached hydrogens (tertiary/aromatic N) is 1. The lowest BCUT2D eigenvalue weighted by Crippen LogP contribution is -2.27. The molecule has 1 aromatic rings. The van der Waals surface area contributed by atoms with Gasteiger partial charge in [-0.1, -0.05) is 6.07 Å². The van der Waals surface area contributed by atoms with Crippen LogP contribution in [0.4, 0.5) is 5.69 Å². The summed E-state index contributed by atoms with van der Waals surface area (Å²) in [6, 6.07) is 6.89. The predicted octanol–water partition coefficient (Wildman–Crippen LogP) is 2.61. The highest BCUT2D eigenvalue weighted by Crippen LogP contribution is 2.35. The maximum absolute atomic E-state index is 5.85. The van der Waals surface area contributed by atoms with Crippen molar-refractivity contribution in [2.24, 2.45) is 5.92 Å². The van der Waals surface area contributed by atoms with E-state index in [-0.39, 0.29) is 0 Å². The molecule has 2 aliphatic rings. The summed E-state index contributed by atoms with van der Waals surface area (Å²) in [4.78, 5) is 2.43. The van der Waals surface area contributed by atoms with Gasteiger partial charge in [0.25, 0.3) is 0 Å². The van der Waals surface area contributed by atoms with Crippen molar-refractivity contribution in [2.75, 3.05) is 32.5 Å². The van der Waals surface area contributed by atoms with Crippen LogP contribution in [0.1, 0.15) is 36.4 Å². The van der Waals surface area contributed by atoms with Crippen molar-refractivity contribution in [1.29, 1.82) is 0 Å². The van der Waals surface area contributed by atoms with Crippen molar-refractivity contribution in [3.8, 4) is 0 Å². The molecular weight excluding hydrogens is 236 g/mol. The number of anilines is 1. The van der Waals surface area contributed by atoms with E-state index in [1.807, 2.05) is 6.07 Å². The van der Waals surface area contributed by atoms with Crippen LogP contribution in [0, 0.1) is 5.92 Å². The van der Waals surface area contributed by atoms with E-state index in [9.17, 15) is 0 Å². The molecule has 3 heteroatoms. The van der Waals surface area contributed by atoms with E-state index in [0.717, 1.165) is 37.8 Å². The molecule has 1 atom stereocenters. The van der Waals surface area contributed by atoms with Crippen molar-refractivity contribution >= 4 is 5.69 Å². The van der Waals surface area contributed by atoms with Crippen LogP contribution in [0.2, 0.25) is 0 Å². The number of nitrogen functional groups attached to an aromatic ring is 1. The summed E-state index contributed by atoms with van der Waals surface area (Å²) < 4.78 is 5.73. The second-order valence-corrected chi connectivity index (χ2v) is 6.01. The largest absolute Gasteiger partial charge is 0.399 e. The Morgan fingerprint density at radius 1 is 1.32 bits per heavy atom. The molecule has 19 heavy (non-hydrogen) atoms. The van der Waals surface area contributed by atoms with Gasteiger partial charge in [-0.25, -0.2) is 0 Å². The summed E-state index contributed by atoms with van der Waals surface area (Å²) in [7, 11) is 2.20. The van der Waals surface area contributed by atoms with Crippen LogP contribution >= 0.6 is 0 Å². The normalized spacial score (nSPS) is 21.9. The molecule has 0 aromatic heterocycles. The Labute approximate surface area is 115 Å². The number of aryl methyl sites for hydroxylation is 1. The van der Waals surface area contributed by atoms with Crippen LogP contribution in [-0.2, 0) is 11.2 Å². The van der Waals surface area contributed by atoms with E-state index in [1.165, 1.54) is 30.4 Å². The average Bonchev–Trinajstić information content (AvgIpc) is 3.13. The lowest BCUT2D eigenvalue weighted by molar-refractivity contribution is 0.0913. The number of hydrogen-bond donors (Lipinski definition) is 1. The lowest BCUT2D eigenvalue weighted by atomic mass is 10.1. The van der Waals surface area contributed by atoms with Gasteiger partial charge in [0, 0.05) is 24.9 Å². The third kappa shape index (κ3) is 3.10. The van der Waals surface area contributed by atoms with Gasteiger partial charge in [0.15, 0.2) is 0 Å². The molecule has 2 N–H and O–H groups in total. The topological polar surface area (TPSA) is 38.5 Å². The summed E-state index contributed by atoms with van der Waals surface area (Å²) in [6.45, 7) is 2.83. The summed E-state index contributed by atoms with van der Waals surface area (Å²) in [5.41, 5.74) is 9.62. The number of rotatable bonds is 6. The maximum Gasteiger partial charge on any atom is 0.0593 e. The Hall–Kier alpha value is -1.06. The first-order chi connectivity index (χ1) is 9.24. The molecule has 0 saturated heterocycles. The van der Waals surface area contributed by atoms with Gasteiger partial charge in [-0.2, -0.15) is 0 Å². The van der Waals surface area contributed by atoms with Crippen LogP contribution < -0.4 is 5.73 Å². The minimum atomic E-state index is 0.542. The minimum Gasteiger partial charge on any atom is -0.399 e. The molecule has 1 unspecified atom stereocenters. The third-order valence-electron chi connectivity index (χ3n) is 4.38. The van der Waals surface area contributed by atoms with E-state index in [2.05, 4.69) is 24.1 Å². The van der Waals surface area contributed by atoms with Gasteiger partial charge in [-0.3, -0.25) is 4.90 Å². The highest BCUT2D eigenvalue weighted by molar-refractivity contribution is 5.47. The van der Waals surface area contributed by atoms with Crippen molar-refractivity contribution in [2.45, 2.75) is 31.7 Å². The predicted molar refractivity (Wildman–Crippen MR) is 78.1 cm³/mol. The molecule has 0 radical (unpaired) electrons. The van der Waals surface area contributed by atoms with Crippen LogP contribution in [-0.4, -0.2) is 31.7 Å². The first-order valence-electron chi connectivity index (χ1n) is 7.40. The molecule has 3 rings (SSSR count). The van der Waals surface area contributed by atoms with Crippen LogP contribution in [0.3, 0.4) is 0 Å². The minimum absolute atomic E-state index is 0.542. The summed E-state index contributed by atoms with van der Waals surface area (Å²) >= 11 is 0. The zero-order valence-corrected chi connectivity index (χ0v) is 11.8. The Morgan fingerprint density at radius 3 is 2.95 bits per heavy atom. The fourth-order valence-corrected chi connectivity index (χ4v) is 2.97. The molecule has 1 saturated carbocycles. The standard InChI is InChI=1S/C16H24N2O/c1-18(8-9-19-11-12-2-3-12)16-7-4-13-10-14(17)5-6-15(13)16/h5-6,10,12,16H,2-4,7-9,11,17H2,1H3. The number of likely N-dealkylation sites (N-methyl/N-ethyl adjacent to an activating group) is 1. The highest BCUT2D eigenvalue weighted by atomic mass is 16.5. The second kappa shape index (κ2) is 5.51. The smallest absolute Gasteiger partial charge is 0.0593 e. The highest BCUT2D eigenvalue weighted by Gasteiger charge is 2.26. The maximum atomic E-state index is 5.85. The van der Waals surface area contributed by atoms with Crippen LogP contribution in [0.15, 0.2) is 18.2 Å². The third-order valence-corrected chi connectivity index (χ3v) is 4.38. The number of benzene rings is 1. The van der Waals surface area contributed by atoms with Gasteiger partial charge in [0.1, 0.15) is 0 Å². The van der Waals surface area contributed by atoms with E-state index >= 15 is 0 Å². The molecule has 1 aromatic carbocycles. The molecule has 104 valence electrons. The van der Waals surface area contributed by atoms with E-state index in [4.69, 9.17) is 10.5 Å². The molecular formula is C16H24N2O. The van der Waals surface area contributed by atoms with E-state index in [0.29, 0.717) is 6.04 Å². The molecule has 0 aliphatic heterocycles. The lowest BCUT2D eigenvalue weighted by Gasteiger charge is -2.25. The van der Waals surface area contributed by atoms with E-state index < -0.39 is 0 Å². The zero-order valence-electron chi connectivity index (χ0n) is 11.8.